The average molecular weight is 304 g/mol. The lowest BCUT2D eigenvalue weighted by molar-refractivity contribution is -0.342. The zero-order chi connectivity index (χ0) is 14.9. The van der Waals surface area contributed by atoms with E-state index in [1.165, 1.54) is 10.8 Å². The third-order valence-electron chi connectivity index (χ3n) is 2.96. The monoisotopic (exact) mass is 304 g/mol. The molecule has 1 N–H and O–H groups in total. The van der Waals surface area contributed by atoms with E-state index in [9.17, 15) is 23.9 Å². The Balaban J connectivity index is 2.06. The Morgan fingerprint density at radius 3 is 2.85 bits per heavy atom. The zero-order valence-corrected chi connectivity index (χ0v) is 11.5. The van der Waals surface area contributed by atoms with E-state index in [0.29, 0.717) is 18.4 Å². The summed E-state index contributed by atoms with van der Waals surface area (Å²) in [4.78, 5) is 45.8. The highest BCUT2D eigenvalue weighted by molar-refractivity contribution is 7.43. The van der Waals surface area contributed by atoms with Crippen LogP contribution in [0.2, 0.25) is 0 Å². The highest BCUT2D eigenvalue weighted by Crippen LogP contribution is 2.31. The summed E-state index contributed by atoms with van der Waals surface area (Å²) in [6.07, 6.45) is 1.05. The van der Waals surface area contributed by atoms with Crippen molar-refractivity contribution >= 4 is 7.82 Å². The van der Waals surface area contributed by atoms with Gasteiger partial charge in [-0.3, -0.25) is 14.3 Å². The van der Waals surface area contributed by atoms with Gasteiger partial charge in [0.15, 0.2) is 0 Å². The molecule has 1 saturated heterocycles. The maximum Gasteiger partial charge on any atom is 0.330 e. The first kappa shape index (κ1) is 15.1. The van der Waals surface area contributed by atoms with E-state index >= 15 is 0 Å². The SMILES string of the molecule is Cc1cn([C@@H]2CC[C@H](COP(=O)([O-])[O-])O2)c(=O)[nH]c1=O. The number of hydrogen-bond acceptors (Lipinski definition) is 7. The maximum absolute atomic E-state index is 11.7. The molecule has 0 unspecified atom stereocenters. The van der Waals surface area contributed by atoms with E-state index in [1.54, 1.807) is 6.92 Å². The molecule has 1 aromatic rings. The molecular weight excluding hydrogens is 291 g/mol. The minimum atomic E-state index is -5.03. The number of rotatable bonds is 4. The topological polar surface area (TPSA) is 137 Å². The summed E-state index contributed by atoms with van der Waals surface area (Å²) in [7, 11) is -5.03. The van der Waals surface area contributed by atoms with Crippen LogP contribution in [0, 0.1) is 6.92 Å². The molecule has 0 spiro atoms. The molecule has 2 heterocycles. The minimum Gasteiger partial charge on any atom is -0.790 e. The van der Waals surface area contributed by atoms with Crippen LogP contribution in [0.5, 0.6) is 0 Å². The summed E-state index contributed by atoms with van der Waals surface area (Å²) in [6.45, 7) is 1.17. The Kier molecular flexibility index (Phi) is 4.26. The smallest absolute Gasteiger partial charge is 0.330 e. The summed E-state index contributed by atoms with van der Waals surface area (Å²) >= 11 is 0. The normalized spacial score (nSPS) is 23.1. The molecule has 0 aliphatic carbocycles. The predicted molar refractivity (Wildman–Crippen MR) is 62.8 cm³/mol. The summed E-state index contributed by atoms with van der Waals surface area (Å²) in [6, 6.07) is 0. The summed E-state index contributed by atoms with van der Waals surface area (Å²) in [5, 5.41) is 0. The van der Waals surface area contributed by atoms with Crippen LogP contribution in [-0.2, 0) is 13.8 Å². The largest absolute Gasteiger partial charge is 0.790 e. The molecule has 0 aromatic carbocycles. The number of phosphoric acid groups is 1. The van der Waals surface area contributed by atoms with Gasteiger partial charge in [-0.1, -0.05) is 0 Å². The van der Waals surface area contributed by atoms with Crippen LogP contribution in [-0.4, -0.2) is 22.3 Å². The Labute approximate surface area is 113 Å². The number of aromatic nitrogens is 2. The summed E-state index contributed by atoms with van der Waals surface area (Å²) in [5.41, 5.74) is -0.718. The Bertz CT molecular complexity index is 646. The average Bonchev–Trinajstić information content (AvgIpc) is 2.79. The highest BCUT2D eigenvalue weighted by atomic mass is 31.2. The van der Waals surface area contributed by atoms with Gasteiger partial charge in [0.05, 0.1) is 20.5 Å². The molecule has 0 bridgehead atoms. The number of nitrogens with one attached hydrogen (secondary N) is 1. The molecule has 2 atom stereocenters. The molecule has 112 valence electrons. The van der Waals surface area contributed by atoms with Crippen molar-refractivity contribution in [3.63, 3.8) is 0 Å². The van der Waals surface area contributed by atoms with Crippen molar-refractivity contribution in [1.82, 2.24) is 9.55 Å². The third-order valence-corrected chi connectivity index (χ3v) is 3.43. The second-order valence-corrected chi connectivity index (χ2v) is 5.66. The molecule has 1 aliphatic heterocycles. The molecule has 1 aliphatic rings. The van der Waals surface area contributed by atoms with Crippen molar-refractivity contribution in [2.75, 3.05) is 6.61 Å². The van der Waals surface area contributed by atoms with Crippen LogP contribution in [0.15, 0.2) is 15.8 Å². The van der Waals surface area contributed by atoms with Gasteiger partial charge in [0.1, 0.15) is 6.23 Å². The van der Waals surface area contributed by atoms with Crippen LogP contribution >= 0.6 is 7.82 Å². The van der Waals surface area contributed by atoms with Crippen molar-refractivity contribution in [3.8, 4) is 0 Å². The van der Waals surface area contributed by atoms with E-state index in [-0.39, 0.29) is 6.61 Å². The fourth-order valence-corrected chi connectivity index (χ4v) is 2.34. The molecule has 2 rings (SSSR count). The minimum absolute atomic E-state index is 0.358. The number of nitrogens with zero attached hydrogens (tertiary/aromatic N) is 1. The van der Waals surface area contributed by atoms with Gasteiger partial charge in [0, 0.05) is 11.8 Å². The maximum atomic E-state index is 11.7. The highest BCUT2D eigenvalue weighted by Gasteiger charge is 2.27. The van der Waals surface area contributed by atoms with Gasteiger partial charge in [-0.2, -0.15) is 0 Å². The third kappa shape index (κ3) is 3.65. The molecule has 1 fully saturated rings. The summed E-state index contributed by atoms with van der Waals surface area (Å²) in [5.74, 6) is 0. The van der Waals surface area contributed by atoms with Crippen molar-refractivity contribution in [3.05, 3.63) is 32.6 Å². The molecule has 0 saturated carbocycles. The lowest BCUT2D eigenvalue weighted by Gasteiger charge is -2.29. The standard InChI is InChI=1S/C10H15N2O7P/c1-6-4-12(10(14)11-9(6)13)8-3-2-7(19-8)5-18-20(15,16)17/h4,7-8H,2-3,5H2,1H3,(H,11,13,14)(H2,15,16,17)/p-2/t7-,8+/m1/s1. The van der Waals surface area contributed by atoms with Crippen molar-refractivity contribution in [2.45, 2.75) is 32.1 Å². The molecule has 0 radical (unpaired) electrons. The van der Waals surface area contributed by atoms with Gasteiger partial charge in [-0.15, -0.1) is 0 Å². The molecule has 0 amide bonds. The van der Waals surface area contributed by atoms with Crippen LogP contribution in [0.4, 0.5) is 0 Å². The number of H-pyrrole nitrogens is 1. The second-order valence-electron chi connectivity index (χ2n) is 4.51. The van der Waals surface area contributed by atoms with Crippen LogP contribution in [0.25, 0.3) is 0 Å². The number of phosphoric ester groups is 1. The second kappa shape index (κ2) is 5.63. The van der Waals surface area contributed by atoms with E-state index in [4.69, 9.17) is 4.74 Å². The number of ether oxygens (including phenoxy) is 1. The first-order valence-corrected chi connectivity index (χ1v) is 7.36. The molecule has 20 heavy (non-hydrogen) atoms. The van der Waals surface area contributed by atoms with E-state index < -0.39 is 31.4 Å². The molecule has 1 aromatic heterocycles. The molecular formula is C10H13N2O7P-2. The summed E-state index contributed by atoms with van der Waals surface area (Å²) < 4.78 is 21.2. The Morgan fingerprint density at radius 2 is 2.20 bits per heavy atom. The van der Waals surface area contributed by atoms with Crippen LogP contribution in [0.1, 0.15) is 24.6 Å². The number of aromatic amines is 1. The lowest BCUT2D eigenvalue weighted by atomic mass is 10.2. The Morgan fingerprint density at radius 1 is 1.50 bits per heavy atom. The van der Waals surface area contributed by atoms with Gasteiger partial charge >= 0.3 is 5.69 Å². The fraction of sp³-hybridized carbons (Fsp3) is 0.600. The first-order valence-electron chi connectivity index (χ1n) is 5.90. The number of aryl methyl sites for hydroxylation is 1. The van der Waals surface area contributed by atoms with Gasteiger partial charge < -0.3 is 23.6 Å². The van der Waals surface area contributed by atoms with Crippen molar-refractivity contribution in [1.29, 1.82) is 0 Å². The zero-order valence-electron chi connectivity index (χ0n) is 10.6. The number of hydrogen-bond donors (Lipinski definition) is 1. The van der Waals surface area contributed by atoms with Crippen LogP contribution < -0.4 is 21.0 Å². The van der Waals surface area contributed by atoms with Gasteiger partial charge in [0.25, 0.3) is 5.56 Å². The van der Waals surface area contributed by atoms with E-state index in [1.807, 2.05) is 0 Å². The molecule has 10 heteroatoms. The molecule has 9 nitrogen and oxygen atoms in total. The van der Waals surface area contributed by atoms with Gasteiger partial charge in [0.2, 0.25) is 0 Å². The van der Waals surface area contributed by atoms with E-state index in [0.717, 1.165) is 0 Å². The predicted octanol–water partition coefficient (Wildman–Crippen LogP) is -1.63. The Hall–Kier alpha value is -1.25. The van der Waals surface area contributed by atoms with Gasteiger partial charge in [-0.05, 0) is 19.8 Å². The van der Waals surface area contributed by atoms with Crippen molar-refractivity contribution in [2.24, 2.45) is 0 Å². The first-order chi connectivity index (χ1) is 9.26. The van der Waals surface area contributed by atoms with E-state index in [2.05, 4.69) is 9.51 Å². The lowest BCUT2D eigenvalue weighted by Crippen LogP contribution is -2.33. The van der Waals surface area contributed by atoms with Crippen LogP contribution in [0.3, 0.4) is 0 Å². The van der Waals surface area contributed by atoms with Crippen molar-refractivity contribution < 1.29 is 23.6 Å². The van der Waals surface area contributed by atoms with Gasteiger partial charge in [-0.25, -0.2) is 4.79 Å². The quantitative estimate of drug-likeness (QED) is 0.659. The fourth-order valence-electron chi connectivity index (χ4n) is 1.99.